The molecule has 0 amide bonds. The lowest BCUT2D eigenvalue weighted by Crippen LogP contribution is -2.30. The first-order chi connectivity index (χ1) is 8.22. The van der Waals surface area contributed by atoms with E-state index in [2.05, 4.69) is 5.32 Å². The minimum Gasteiger partial charge on any atom is -0.379 e. The van der Waals surface area contributed by atoms with E-state index in [-0.39, 0.29) is 17.7 Å². The summed E-state index contributed by atoms with van der Waals surface area (Å²) >= 11 is 0. The summed E-state index contributed by atoms with van der Waals surface area (Å²) in [5.41, 5.74) is 0.604. The number of benzene rings is 1. The highest BCUT2D eigenvalue weighted by molar-refractivity contribution is 5.58. The normalized spacial score (nSPS) is 20.9. The van der Waals surface area contributed by atoms with Crippen molar-refractivity contribution in [1.82, 2.24) is 0 Å². The largest absolute Gasteiger partial charge is 0.379 e. The zero-order chi connectivity index (χ0) is 12.3. The minimum absolute atomic E-state index is 0.0670. The SMILES string of the molecule is CC(Nc1cccc(F)c1C#N)C1CCCO1. The first kappa shape index (κ1) is 11.9. The van der Waals surface area contributed by atoms with Gasteiger partial charge in [0.25, 0.3) is 0 Å². The van der Waals surface area contributed by atoms with Crippen LogP contribution in [0.15, 0.2) is 18.2 Å². The van der Waals surface area contributed by atoms with Crippen LogP contribution in [0.25, 0.3) is 0 Å². The summed E-state index contributed by atoms with van der Waals surface area (Å²) in [6.45, 7) is 2.77. The Hall–Kier alpha value is -1.60. The third-order valence-electron chi connectivity index (χ3n) is 3.03. The molecular formula is C13H15FN2O. The van der Waals surface area contributed by atoms with E-state index in [1.165, 1.54) is 6.07 Å². The van der Waals surface area contributed by atoms with Crippen LogP contribution >= 0.6 is 0 Å². The first-order valence-corrected chi connectivity index (χ1v) is 5.79. The molecule has 1 heterocycles. The molecule has 0 spiro atoms. The molecule has 1 aliphatic rings. The Labute approximate surface area is 100 Å². The van der Waals surface area contributed by atoms with Crippen LogP contribution in [0.5, 0.6) is 0 Å². The van der Waals surface area contributed by atoms with Crippen LogP contribution in [0, 0.1) is 17.1 Å². The maximum Gasteiger partial charge on any atom is 0.143 e. The Kier molecular flexibility index (Phi) is 3.60. The van der Waals surface area contributed by atoms with Gasteiger partial charge in [-0.2, -0.15) is 5.26 Å². The van der Waals surface area contributed by atoms with Gasteiger partial charge >= 0.3 is 0 Å². The first-order valence-electron chi connectivity index (χ1n) is 5.79. The lowest BCUT2D eigenvalue weighted by molar-refractivity contribution is 0.0996. The topological polar surface area (TPSA) is 45.0 Å². The van der Waals surface area contributed by atoms with E-state index in [1.54, 1.807) is 12.1 Å². The van der Waals surface area contributed by atoms with Gasteiger partial charge in [-0.15, -0.1) is 0 Å². The predicted octanol–water partition coefficient (Wildman–Crippen LogP) is 2.68. The molecule has 1 fully saturated rings. The molecule has 4 heteroatoms. The zero-order valence-corrected chi connectivity index (χ0v) is 9.74. The van der Waals surface area contributed by atoms with E-state index < -0.39 is 5.82 Å². The van der Waals surface area contributed by atoms with Crippen LogP contribution in [0.2, 0.25) is 0 Å². The molecule has 0 aromatic heterocycles. The Bertz CT molecular complexity index is 436. The van der Waals surface area contributed by atoms with Crippen molar-refractivity contribution >= 4 is 5.69 Å². The Balaban J connectivity index is 2.13. The van der Waals surface area contributed by atoms with E-state index in [1.807, 2.05) is 13.0 Å². The zero-order valence-electron chi connectivity index (χ0n) is 9.74. The fourth-order valence-corrected chi connectivity index (χ4v) is 2.09. The molecule has 2 rings (SSSR count). The minimum atomic E-state index is -0.489. The van der Waals surface area contributed by atoms with Gasteiger partial charge in [0.15, 0.2) is 0 Å². The molecule has 2 unspecified atom stereocenters. The molecule has 0 aliphatic carbocycles. The van der Waals surface area contributed by atoms with Gasteiger partial charge < -0.3 is 10.1 Å². The molecule has 90 valence electrons. The standard InChI is InChI=1S/C13H15FN2O/c1-9(13-6-3-7-17-13)16-12-5-2-4-11(14)10(12)8-15/h2,4-5,9,13,16H,3,6-7H2,1H3. The number of hydrogen-bond donors (Lipinski definition) is 1. The lowest BCUT2D eigenvalue weighted by Gasteiger charge is -2.21. The van der Waals surface area contributed by atoms with Crippen LogP contribution in [0.3, 0.4) is 0 Å². The summed E-state index contributed by atoms with van der Waals surface area (Å²) < 4.78 is 18.9. The van der Waals surface area contributed by atoms with E-state index in [0.29, 0.717) is 5.69 Å². The molecule has 1 aromatic rings. The summed E-state index contributed by atoms with van der Waals surface area (Å²) in [7, 11) is 0. The van der Waals surface area contributed by atoms with Gasteiger partial charge in [0.2, 0.25) is 0 Å². The Morgan fingerprint density at radius 2 is 2.41 bits per heavy atom. The Morgan fingerprint density at radius 1 is 1.59 bits per heavy atom. The lowest BCUT2D eigenvalue weighted by atomic mass is 10.1. The van der Waals surface area contributed by atoms with Gasteiger partial charge in [0.05, 0.1) is 11.8 Å². The number of nitrogens with zero attached hydrogens (tertiary/aromatic N) is 1. The van der Waals surface area contributed by atoms with E-state index in [0.717, 1.165) is 19.4 Å². The third kappa shape index (κ3) is 2.56. The molecule has 1 saturated heterocycles. The smallest absolute Gasteiger partial charge is 0.143 e. The number of nitrogens with one attached hydrogen (secondary N) is 1. The van der Waals surface area contributed by atoms with E-state index in [4.69, 9.17) is 10.00 Å². The van der Waals surface area contributed by atoms with Crippen molar-refractivity contribution in [3.8, 4) is 6.07 Å². The number of nitriles is 1. The van der Waals surface area contributed by atoms with E-state index >= 15 is 0 Å². The fraction of sp³-hybridized carbons (Fsp3) is 0.462. The molecule has 3 nitrogen and oxygen atoms in total. The average Bonchev–Trinajstić information content (AvgIpc) is 2.82. The fourth-order valence-electron chi connectivity index (χ4n) is 2.09. The highest BCUT2D eigenvalue weighted by Crippen LogP contribution is 2.22. The molecule has 2 atom stereocenters. The second-order valence-electron chi connectivity index (χ2n) is 4.26. The summed E-state index contributed by atoms with van der Waals surface area (Å²) in [4.78, 5) is 0. The van der Waals surface area contributed by atoms with Gasteiger partial charge in [-0.05, 0) is 31.9 Å². The summed E-state index contributed by atoms with van der Waals surface area (Å²) in [6.07, 6.45) is 2.21. The van der Waals surface area contributed by atoms with Crippen molar-refractivity contribution < 1.29 is 9.13 Å². The number of hydrogen-bond acceptors (Lipinski definition) is 3. The van der Waals surface area contributed by atoms with Crippen molar-refractivity contribution in [2.24, 2.45) is 0 Å². The second-order valence-corrected chi connectivity index (χ2v) is 4.26. The van der Waals surface area contributed by atoms with Gasteiger partial charge in [0, 0.05) is 12.6 Å². The maximum absolute atomic E-state index is 13.4. The molecule has 0 saturated carbocycles. The number of ether oxygens (including phenoxy) is 1. The monoisotopic (exact) mass is 234 g/mol. The Morgan fingerprint density at radius 3 is 3.06 bits per heavy atom. The van der Waals surface area contributed by atoms with Gasteiger partial charge in [0.1, 0.15) is 17.4 Å². The molecule has 1 aromatic carbocycles. The van der Waals surface area contributed by atoms with Crippen molar-refractivity contribution in [2.75, 3.05) is 11.9 Å². The highest BCUT2D eigenvalue weighted by Gasteiger charge is 2.23. The van der Waals surface area contributed by atoms with Crippen LogP contribution in [-0.2, 0) is 4.74 Å². The van der Waals surface area contributed by atoms with Gasteiger partial charge in [-0.1, -0.05) is 6.07 Å². The van der Waals surface area contributed by atoms with Gasteiger partial charge in [-0.3, -0.25) is 0 Å². The number of anilines is 1. The van der Waals surface area contributed by atoms with Crippen LogP contribution < -0.4 is 5.32 Å². The van der Waals surface area contributed by atoms with Crippen LogP contribution in [0.4, 0.5) is 10.1 Å². The van der Waals surface area contributed by atoms with E-state index in [9.17, 15) is 4.39 Å². The maximum atomic E-state index is 13.4. The average molecular weight is 234 g/mol. The molecule has 0 bridgehead atoms. The van der Waals surface area contributed by atoms with Crippen molar-refractivity contribution in [3.05, 3.63) is 29.6 Å². The number of rotatable bonds is 3. The van der Waals surface area contributed by atoms with Crippen molar-refractivity contribution in [3.63, 3.8) is 0 Å². The molecular weight excluding hydrogens is 219 g/mol. The molecule has 17 heavy (non-hydrogen) atoms. The van der Waals surface area contributed by atoms with Gasteiger partial charge in [-0.25, -0.2) is 4.39 Å². The van der Waals surface area contributed by atoms with Crippen LogP contribution in [0.1, 0.15) is 25.3 Å². The van der Waals surface area contributed by atoms with Crippen LogP contribution in [-0.4, -0.2) is 18.8 Å². The second kappa shape index (κ2) is 5.15. The molecule has 0 radical (unpaired) electrons. The molecule has 1 aliphatic heterocycles. The van der Waals surface area contributed by atoms with Crippen molar-refractivity contribution in [2.45, 2.75) is 31.9 Å². The summed E-state index contributed by atoms with van der Waals surface area (Å²) in [5.74, 6) is -0.489. The molecule has 1 N–H and O–H groups in total. The van der Waals surface area contributed by atoms with Crippen molar-refractivity contribution in [1.29, 1.82) is 5.26 Å². The summed E-state index contributed by atoms with van der Waals surface area (Å²) in [5, 5.41) is 12.1. The number of halogens is 1. The predicted molar refractivity (Wildman–Crippen MR) is 63.2 cm³/mol. The highest BCUT2D eigenvalue weighted by atomic mass is 19.1. The third-order valence-corrected chi connectivity index (χ3v) is 3.03. The quantitative estimate of drug-likeness (QED) is 0.874. The summed E-state index contributed by atoms with van der Waals surface area (Å²) in [6, 6.07) is 6.56.